The van der Waals surface area contributed by atoms with Crippen LogP contribution in [0.15, 0.2) is 30.4 Å². The summed E-state index contributed by atoms with van der Waals surface area (Å²) in [6.07, 6.45) is -2.85. The van der Waals surface area contributed by atoms with E-state index in [4.69, 9.17) is 0 Å². The number of pyridine rings is 1. The van der Waals surface area contributed by atoms with Crippen LogP contribution < -0.4 is 5.32 Å². The molecule has 146 valence electrons. The molecular formula is C17H10F6N4O. The zero-order chi connectivity index (χ0) is 20.6. The number of rotatable bonds is 3. The topological polar surface area (TPSA) is 70.7 Å². The predicted octanol–water partition coefficient (Wildman–Crippen LogP) is 4.51. The van der Waals surface area contributed by atoms with Gasteiger partial charge in [-0.1, -0.05) is 12.1 Å². The van der Waals surface area contributed by atoms with Gasteiger partial charge in [-0.05, 0) is 13.0 Å². The van der Waals surface area contributed by atoms with Crippen molar-refractivity contribution >= 4 is 28.6 Å². The minimum atomic E-state index is -5.01. The summed E-state index contributed by atoms with van der Waals surface area (Å²) in [6, 6.07) is 2.57. The number of carbonyl (C=O) groups excluding carboxylic acids is 1. The quantitative estimate of drug-likeness (QED) is 0.502. The van der Waals surface area contributed by atoms with Crippen LogP contribution in [0.25, 0.3) is 17.0 Å². The Balaban J connectivity index is 1.95. The molecule has 28 heavy (non-hydrogen) atoms. The first-order valence-electron chi connectivity index (χ1n) is 7.62. The Morgan fingerprint density at radius 1 is 1.21 bits per heavy atom. The van der Waals surface area contributed by atoms with E-state index in [1.807, 2.05) is 0 Å². The standard InChI is InChI=1S/C17H10F6N4O/c1-7-11(19)6-24-15(17(21,22)23)13(7)26-16(28)10(18)4-8-2-3-9-5-25-27-14(9)12(8)20/h2-6H,1H3,(H,25,27)(H,26,28)/b10-4-. The van der Waals surface area contributed by atoms with E-state index >= 15 is 0 Å². The number of fused-ring (bicyclic) bond motifs is 1. The molecule has 0 saturated heterocycles. The fourth-order valence-electron chi connectivity index (χ4n) is 2.43. The van der Waals surface area contributed by atoms with E-state index in [-0.39, 0.29) is 11.1 Å². The lowest BCUT2D eigenvalue weighted by Gasteiger charge is -2.15. The second-order valence-corrected chi connectivity index (χ2v) is 5.70. The minimum Gasteiger partial charge on any atom is -0.318 e. The third-order valence-electron chi connectivity index (χ3n) is 3.87. The van der Waals surface area contributed by atoms with Crippen LogP contribution in [0, 0.1) is 18.6 Å². The van der Waals surface area contributed by atoms with Gasteiger partial charge in [-0.2, -0.15) is 18.3 Å². The number of hydrogen-bond acceptors (Lipinski definition) is 3. The molecule has 0 aliphatic rings. The molecule has 3 rings (SSSR count). The Hall–Kier alpha value is -3.37. The largest absolute Gasteiger partial charge is 0.435 e. The SMILES string of the molecule is Cc1c(F)cnc(C(F)(F)F)c1NC(=O)/C(F)=C/c1ccc2cn[nH]c2c1F. The minimum absolute atomic E-state index is 0.0357. The van der Waals surface area contributed by atoms with Crippen molar-refractivity contribution in [2.75, 3.05) is 5.32 Å². The van der Waals surface area contributed by atoms with Crippen LogP contribution in [-0.2, 0) is 11.0 Å². The molecule has 2 aromatic heterocycles. The Bertz CT molecular complexity index is 1100. The van der Waals surface area contributed by atoms with E-state index in [1.165, 1.54) is 12.3 Å². The first-order chi connectivity index (χ1) is 13.1. The molecule has 3 aromatic rings. The third kappa shape index (κ3) is 3.55. The zero-order valence-electron chi connectivity index (χ0n) is 14.0. The fourth-order valence-corrected chi connectivity index (χ4v) is 2.43. The number of H-pyrrole nitrogens is 1. The van der Waals surface area contributed by atoms with Gasteiger partial charge in [-0.3, -0.25) is 9.89 Å². The molecule has 0 unspecified atom stereocenters. The maximum atomic E-state index is 14.3. The van der Waals surface area contributed by atoms with Gasteiger partial charge in [0.1, 0.15) is 11.3 Å². The van der Waals surface area contributed by atoms with Gasteiger partial charge in [0, 0.05) is 16.5 Å². The number of aromatic amines is 1. The molecule has 0 aliphatic heterocycles. The van der Waals surface area contributed by atoms with Gasteiger partial charge in [0.2, 0.25) is 0 Å². The summed E-state index contributed by atoms with van der Waals surface area (Å²) in [5.74, 6) is -5.24. The molecule has 0 atom stereocenters. The second kappa shape index (κ2) is 6.98. The molecule has 0 spiro atoms. The number of nitrogens with zero attached hydrogens (tertiary/aromatic N) is 2. The highest BCUT2D eigenvalue weighted by atomic mass is 19.4. The lowest BCUT2D eigenvalue weighted by atomic mass is 10.1. The molecule has 0 bridgehead atoms. The first-order valence-corrected chi connectivity index (χ1v) is 7.62. The van der Waals surface area contributed by atoms with Gasteiger partial charge in [-0.25, -0.2) is 18.2 Å². The fraction of sp³-hybridized carbons (Fsp3) is 0.118. The lowest BCUT2D eigenvalue weighted by molar-refractivity contribution is -0.140. The lowest BCUT2D eigenvalue weighted by Crippen LogP contribution is -2.20. The van der Waals surface area contributed by atoms with E-state index < -0.39 is 46.5 Å². The first kappa shape index (κ1) is 19.4. The van der Waals surface area contributed by atoms with Gasteiger partial charge in [0.25, 0.3) is 5.91 Å². The summed E-state index contributed by atoms with van der Waals surface area (Å²) in [5.41, 5.74) is -3.56. The average Bonchev–Trinajstić information content (AvgIpc) is 3.09. The summed E-state index contributed by atoms with van der Waals surface area (Å²) in [6.45, 7) is 0.968. The van der Waals surface area contributed by atoms with Crippen molar-refractivity contribution in [3.63, 3.8) is 0 Å². The summed E-state index contributed by atoms with van der Waals surface area (Å²) >= 11 is 0. The number of benzene rings is 1. The second-order valence-electron chi connectivity index (χ2n) is 5.70. The molecular weight excluding hydrogens is 390 g/mol. The molecule has 2 N–H and O–H groups in total. The number of hydrogen-bond donors (Lipinski definition) is 2. The third-order valence-corrected chi connectivity index (χ3v) is 3.87. The van der Waals surface area contributed by atoms with Crippen molar-refractivity contribution in [3.05, 3.63) is 58.8 Å². The van der Waals surface area contributed by atoms with Crippen molar-refractivity contribution in [2.45, 2.75) is 13.1 Å². The molecule has 1 aromatic carbocycles. The Kier molecular flexibility index (Phi) is 4.84. The van der Waals surface area contributed by atoms with Crippen LogP contribution >= 0.6 is 0 Å². The van der Waals surface area contributed by atoms with E-state index in [9.17, 15) is 31.1 Å². The molecule has 2 heterocycles. The Labute approximate surface area is 153 Å². The monoisotopic (exact) mass is 400 g/mol. The van der Waals surface area contributed by atoms with Crippen molar-refractivity contribution in [2.24, 2.45) is 0 Å². The molecule has 0 radical (unpaired) electrons. The van der Waals surface area contributed by atoms with Crippen molar-refractivity contribution in [3.8, 4) is 0 Å². The van der Waals surface area contributed by atoms with E-state index in [2.05, 4.69) is 15.2 Å². The number of anilines is 1. The highest BCUT2D eigenvalue weighted by Crippen LogP contribution is 2.36. The van der Waals surface area contributed by atoms with Gasteiger partial charge in [0.05, 0.1) is 18.1 Å². The van der Waals surface area contributed by atoms with Crippen molar-refractivity contribution < 1.29 is 31.1 Å². The van der Waals surface area contributed by atoms with Crippen LogP contribution in [0.2, 0.25) is 0 Å². The number of alkyl halides is 3. The van der Waals surface area contributed by atoms with Crippen LogP contribution in [0.3, 0.4) is 0 Å². The summed E-state index contributed by atoms with van der Waals surface area (Å²) in [7, 11) is 0. The van der Waals surface area contributed by atoms with Crippen LogP contribution in [0.4, 0.5) is 32.0 Å². The number of amides is 1. The maximum absolute atomic E-state index is 14.3. The van der Waals surface area contributed by atoms with Crippen LogP contribution in [0.1, 0.15) is 16.8 Å². The van der Waals surface area contributed by atoms with Gasteiger partial charge in [0.15, 0.2) is 17.3 Å². The molecule has 0 fully saturated rings. The Morgan fingerprint density at radius 3 is 2.61 bits per heavy atom. The number of carbonyl (C=O) groups is 1. The number of halogens is 6. The molecule has 5 nitrogen and oxygen atoms in total. The van der Waals surface area contributed by atoms with E-state index in [0.717, 1.165) is 13.0 Å². The van der Waals surface area contributed by atoms with Crippen LogP contribution in [-0.4, -0.2) is 21.1 Å². The summed E-state index contributed by atoms with van der Waals surface area (Å²) in [4.78, 5) is 14.9. The van der Waals surface area contributed by atoms with Gasteiger partial charge < -0.3 is 5.32 Å². The predicted molar refractivity (Wildman–Crippen MR) is 87.7 cm³/mol. The number of nitrogens with one attached hydrogen (secondary N) is 2. The van der Waals surface area contributed by atoms with Gasteiger partial charge >= 0.3 is 6.18 Å². The highest BCUT2D eigenvalue weighted by molar-refractivity contribution is 6.05. The zero-order valence-corrected chi connectivity index (χ0v) is 14.0. The van der Waals surface area contributed by atoms with Crippen molar-refractivity contribution in [1.29, 1.82) is 0 Å². The average molecular weight is 400 g/mol. The Morgan fingerprint density at radius 2 is 1.93 bits per heavy atom. The molecule has 11 heteroatoms. The smallest absolute Gasteiger partial charge is 0.318 e. The van der Waals surface area contributed by atoms with E-state index in [0.29, 0.717) is 17.7 Å². The van der Waals surface area contributed by atoms with E-state index in [1.54, 1.807) is 5.32 Å². The summed E-state index contributed by atoms with van der Waals surface area (Å²) < 4.78 is 81.1. The maximum Gasteiger partial charge on any atom is 0.435 e. The number of aromatic nitrogens is 3. The van der Waals surface area contributed by atoms with Crippen LogP contribution in [0.5, 0.6) is 0 Å². The molecule has 0 aliphatic carbocycles. The molecule has 1 amide bonds. The normalized spacial score (nSPS) is 12.5. The van der Waals surface area contributed by atoms with Gasteiger partial charge in [-0.15, -0.1) is 0 Å². The molecule has 0 saturated carbocycles. The summed E-state index contributed by atoms with van der Waals surface area (Å²) in [5, 5.41) is 8.02. The highest BCUT2D eigenvalue weighted by Gasteiger charge is 2.37. The van der Waals surface area contributed by atoms with Crippen molar-refractivity contribution in [1.82, 2.24) is 15.2 Å².